The highest BCUT2D eigenvalue weighted by molar-refractivity contribution is 7.90. The standard InChI is InChI=1S/C13H23NO4S/c15-13(16)10-5-4-6-11(9-10)14-19(17,18)12-7-2-1-3-8-12/h10-12,14H,1-9H2,(H,15,16). The molecule has 0 spiro atoms. The zero-order chi connectivity index (χ0) is 13.9. The van der Waals surface area contributed by atoms with Gasteiger partial charge in [0, 0.05) is 6.04 Å². The van der Waals surface area contributed by atoms with Gasteiger partial charge in [0.25, 0.3) is 0 Å². The van der Waals surface area contributed by atoms with Crippen molar-refractivity contribution in [2.24, 2.45) is 5.92 Å². The Morgan fingerprint density at radius 3 is 2.32 bits per heavy atom. The van der Waals surface area contributed by atoms with Gasteiger partial charge in [-0.2, -0.15) is 0 Å². The fourth-order valence-electron chi connectivity index (χ4n) is 3.23. The van der Waals surface area contributed by atoms with Crippen LogP contribution in [-0.2, 0) is 14.8 Å². The van der Waals surface area contributed by atoms with E-state index in [9.17, 15) is 13.2 Å². The van der Waals surface area contributed by atoms with E-state index >= 15 is 0 Å². The predicted molar refractivity (Wildman–Crippen MR) is 72.3 cm³/mol. The molecule has 2 atom stereocenters. The molecule has 110 valence electrons. The lowest BCUT2D eigenvalue weighted by molar-refractivity contribution is -0.143. The Bertz CT molecular complexity index is 414. The molecule has 0 saturated heterocycles. The summed E-state index contributed by atoms with van der Waals surface area (Å²) in [6.45, 7) is 0. The third kappa shape index (κ3) is 3.92. The summed E-state index contributed by atoms with van der Waals surface area (Å²) in [5.74, 6) is -1.20. The van der Waals surface area contributed by atoms with Crippen molar-refractivity contribution >= 4 is 16.0 Å². The SMILES string of the molecule is O=C(O)C1CCCC(NS(=O)(=O)C2CCCCC2)C1. The van der Waals surface area contributed by atoms with Crippen LogP contribution in [0.4, 0.5) is 0 Å². The summed E-state index contributed by atoms with van der Waals surface area (Å²) in [5.41, 5.74) is 0. The third-order valence-corrected chi connectivity index (χ3v) is 6.36. The number of nitrogens with one attached hydrogen (secondary N) is 1. The molecular formula is C13H23NO4S. The number of hydrogen-bond donors (Lipinski definition) is 2. The first-order valence-electron chi connectivity index (χ1n) is 7.23. The van der Waals surface area contributed by atoms with Gasteiger partial charge in [0.2, 0.25) is 10.0 Å². The van der Waals surface area contributed by atoms with Crippen LogP contribution < -0.4 is 4.72 Å². The molecule has 19 heavy (non-hydrogen) atoms. The maximum absolute atomic E-state index is 12.3. The lowest BCUT2D eigenvalue weighted by atomic mass is 9.86. The number of carbonyl (C=O) groups is 1. The molecule has 2 fully saturated rings. The first kappa shape index (κ1) is 14.8. The van der Waals surface area contributed by atoms with Crippen molar-refractivity contribution in [2.45, 2.75) is 69.1 Å². The number of aliphatic carboxylic acids is 1. The number of rotatable bonds is 4. The van der Waals surface area contributed by atoms with E-state index in [1.807, 2.05) is 0 Å². The van der Waals surface area contributed by atoms with Crippen molar-refractivity contribution in [3.63, 3.8) is 0 Å². The summed E-state index contributed by atoms with van der Waals surface area (Å²) in [6, 6.07) is -0.193. The molecule has 2 rings (SSSR count). The Hall–Kier alpha value is -0.620. The van der Waals surface area contributed by atoms with Crippen LogP contribution in [0.3, 0.4) is 0 Å². The van der Waals surface area contributed by atoms with Crippen LogP contribution in [0.2, 0.25) is 0 Å². The number of carboxylic acids is 1. The number of hydrogen-bond acceptors (Lipinski definition) is 3. The lowest BCUT2D eigenvalue weighted by Gasteiger charge is -2.30. The molecule has 0 amide bonds. The first-order chi connectivity index (χ1) is 8.99. The molecule has 0 radical (unpaired) electrons. The van der Waals surface area contributed by atoms with Crippen molar-refractivity contribution < 1.29 is 18.3 Å². The largest absolute Gasteiger partial charge is 0.481 e. The van der Waals surface area contributed by atoms with E-state index in [1.165, 1.54) is 0 Å². The van der Waals surface area contributed by atoms with Crippen LogP contribution in [0.5, 0.6) is 0 Å². The predicted octanol–water partition coefficient (Wildman–Crippen LogP) is 1.88. The second kappa shape index (κ2) is 6.22. The highest BCUT2D eigenvalue weighted by Gasteiger charge is 2.33. The smallest absolute Gasteiger partial charge is 0.306 e. The van der Waals surface area contributed by atoms with Crippen LogP contribution in [0.15, 0.2) is 0 Å². The zero-order valence-corrected chi connectivity index (χ0v) is 12.0. The summed E-state index contributed by atoms with van der Waals surface area (Å²) in [6.07, 6.45) is 7.20. The minimum Gasteiger partial charge on any atom is -0.481 e. The van der Waals surface area contributed by atoms with Crippen LogP contribution in [0.25, 0.3) is 0 Å². The average molecular weight is 289 g/mol. The molecule has 5 nitrogen and oxygen atoms in total. The topological polar surface area (TPSA) is 83.5 Å². The van der Waals surface area contributed by atoms with Gasteiger partial charge >= 0.3 is 5.97 Å². The minimum atomic E-state index is -3.28. The van der Waals surface area contributed by atoms with Gasteiger partial charge < -0.3 is 5.11 Å². The van der Waals surface area contributed by atoms with Gasteiger partial charge in [-0.1, -0.05) is 25.7 Å². The Morgan fingerprint density at radius 1 is 1.00 bits per heavy atom. The van der Waals surface area contributed by atoms with Crippen LogP contribution in [0, 0.1) is 5.92 Å². The molecule has 2 N–H and O–H groups in total. The van der Waals surface area contributed by atoms with Crippen LogP contribution >= 0.6 is 0 Å². The Balaban J connectivity index is 1.93. The molecule has 2 aliphatic rings. The fraction of sp³-hybridized carbons (Fsp3) is 0.923. The highest BCUT2D eigenvalue weighted by atomic mass is 32.2. The van der Waals surface area contributed by atoms with Crippen LogP contribution in [-0.4, -0.2) is 30.8 Å². The Labute approximate surface area is 114 Å². The minimum absolute atomic E-state index is 0.193. The van der Waals surface area contributed by atoms with Crippen LogP contribution in [0.1, 0.15) is 57.8 Å². The molecule has 2 aliphatic carbocycles. The summed E-state index contributed by atoms with van der Waals surface area (Å²) < 4.78 is 27.3. The van der Waals surface area contributed by atoms with E-state index in [-0.39, 0.29) is 11.3 Å². The quantitative estimate of drug-likeness (QED) is 0.827. The Morgan fingerprint density at radius 2 is 1.68 bits per heavy atom. The molecular weight excluding hydrogens is 266 g/mol. The second-order valence-electron chi connectivity index (χ2n) is 5.82. The molecule has 2 unspecified atom stereocenters. The van der Waals surface area contributed by atoms with Crippen molar-refractivity contribution in [3.05, 3.63) is 0 Å². The summed E-state index contributed by atoms with van der Waals surface area (Å²) in [4.78, 5) is 11.0. The van der Waals surface area contributed by atoms with Crippen molar-refractivity contribution in [1.29, 1.82) is 0 Å². The summed E-state index contributed by atoms with van der Waals surface area (Å²) in [5, 5.41) is 8.75. The number of sulfonamides is 1. The van der Waals surface area contributed by atoms with Gasteiger partial charge in [-0.05, 0) is 32.1 Å². The van der Waals surface area contributed by atoms with E-state index in [4.69, 9.17) is 5.11 Å². The fourth-order valence-corrected chi connectivity index (χ4v) is 5.05. The molecule has 0 heterocycles. The Kier molecular flexibility index (Phi) is 4.84. The maximum Gasteiger partial charge on any atom is 0.306 e. The maximum atomic E-state index is 12.3. The zero-order valence-electron chi connectivity index (χ0n) is 11.2. The van der Waals surface area contributed by atoms with Gasteiger partial charge in [-0.15, -0.1) is 0 Å². The van der Waals surface area contributed by atoms with Gasteiger partial charge in [-0.3, -0.25) is 4.79 Å². The van der Waals surface area contributed by atoms with Crippen molar-refractivity contribution in [3.8, 4) is 0 Å². The molecule has 0 aliphatic heterocycles. The van der Waals surface area contributed by atoms with Crippen molar-refractivity contribution in [1.82, 2.24) is 4.72 Å². The number of carboxylic acid groups (broad SMARTS) is 1. The molecule has 0 bridgehead atoms. The molecule has 0 aromatic carbocycles. The highest BCUT2D eigenvalue weighted by Crippen LogP contribution is 2.27. The second-order valence-corrected chi connectivity index (χ2v) is 7.81. The monoisotopic (exact) mass is 289 g/mol. The normalized spacial score (nSPS) is 30.1. The molecule has 6 heteroatoms. The van der Waals surface area contributed by atoms with E-state index < -0.39 is 21.9 Å². The van der Waals surface area contributed by atoms with E-state index in [0.717, 1.165) is 44.9 Å². The van der Waals surface area contributed by atoms with Gasteiger partial charge in [-0.25, -0.2) is 13.1 Å². The average Bonchev–Trinajstić information content (AvgIpc) is 2.39. The van der Waals surface area contributed by atoms with Gasteiger partial charge in [0.1, 0.15) is 0 Å². The van der Waals surface area contributed by atoms with Crippen molar-refractivity contribution in [2.75, 3.05) is 0 Å². The molecule has 0 aromatic heterocycles. The van der Waals surface area contributed by atoms with E-state index in [0.29, 0.717) is 12.8 Å². The first-order valence-corrected chi connectivity index (χ1v) is 8.77. The third-order valence-electron chi connectivity index (χ3n) is 4.35. The van der Waals surface area contributed by atoms with E-state index in [1.54, 1.807) is 0 Å². The lowest BCUT2D eigenvalue weighted by Crippen LogP contribution is -2.44. The summed E-state index contributed by atoms with van der Waals surface area (Å²) in [7, 11) is -3.28. The molecule has 0 aromatic rings. The van der Waals surface area contributed by atoms with Gasteiger partial charge in [0.15, 0.2) is 0 Å². The van der Waals surface area contributed by atoms with Gasteiger partial charge in [0.05, 0.1) is 11.2 Å². The molecule has 2 saturated carbocycles. The van der Waals surface area contributed by atoms with E-state index in [2.05, 4.69) is 4.72 Å². The summed E-state index contributed by atoms with van der Waals surface area (Å²) >= 11 is 0.